The third kappa shape index (κ3) is 5.64. The van der Waals surface area contributed by atoms with Gasteiger partial charge in [-0.2, -0.15) is 5.26 Å². The lowest BCUT2D eigenvalue weighted by Gasteiger charge is -2.18. The van der Waals surface area contributed by atoms with Crippen molar-refractivity contribution < 1.29 is 0 Å². The second kappa shape index (κ2) is 11.0. The van der Waals surface area contributed by atoms with Gasteiger partial charge in [-0.25, -0.2) is 6.57 Å². The van der Waals surface area contributed by atoms with Crippen molar-refractivity contribution in [3.05, 3.63) is 132 Å². The number of nitriles is 1. The van der Waals surface area contributed by atoms with Gasteiger partial charge in [0.15, 0.2) is 0 Å². The van der Waals surface area contributed by atoms with Gasteiger partial charge in [0, 0.05) is 20.3 Å². The maximum absolute atomic E-state index is 9.37. The summed E-state index contributed by atoms with van der Waals surface area (Å²) in [6.07, 6.45) is 5.75. The highest BCUT2D eigenvalue weighted by Gasteiger charge is 2.22. The summed E-state index contributed by atoms with van der Waals surface area (Å²) in [5, 5.41) is 14.3. The minimum atomic E-state index is -0.385. The molecule has 2 heteroatoms. The van der Waals surface area contributed by atoms with E-state index < -0.39 is 0 Å². The molecule has 0 saturated heterocycles. The van der Waals surface area contributed by atoms with Crippen molar-refractivity contribution in [2.45, 2.75) is 46.1 Å². The largest absolute Gasteiger partial charge is 0.311 e. The molecule has 2 radical (unpaired) electrons. The van der Waals surface area contributed by atoms with E-state index in [-0.39, 0.29) is 11.0 Å². The van der Waals surface area contributed by atoms with Gasteiger partial charge in [0.2, 0.25) is 5.54 Å². The van der Waals surface area contributed by atoms with Crippen LogP contribution in [0.15, 0.2) is 97.1 Å². The van der Waals surface area contributed by atoms with Crippen LogP contribution >= 0.6 is 0 Å². The molecule has 0 heterocycles. The molecule has 0 bridgehead atoms. The van der Waals surface area contributed by atoms with Gasteiger partial charge in [-0.3, -0.25) is 0 Å². The first-order valence-corrected chi connectivity index (χ1v) is 13.8. The number of fused-ring (bicyclic) bond motifs is 2. The Hall–Kier alpha value is -4.40. The first-order valence-electron chi connectivity index (χ1n) is 13.8. The molecule has 196 valence electrons. The van der Waals surface area contributed by atoms with E-state index in [9.17, 15) is 5.26 Å². The fraction of sp³-hybridized carbons (Fsp3) is 0.211. The van der Waals surface area contributed by atoms with Crippen LogP contribution in [-0.2, 0) is 0 Å². The fourth-order valence-corrected chi connectivity index (χ4v) is 5.15. The number of rotatable bonds is 8. The van der Waals surface area contributed by atoms with Crippen LogP contribution in [0.5, 0.6) is 0 Å². The van der Waals surface area contributed by atoms with Crippen LogP contribution < -0.4 is 0 Å². The lowest BCUT2D eigenvalue weighted by molar-refractivity contribution is 0.491. The Labute approximate surface area is 238 Å². The summed E-state index contributed by atoms with van der Waals surface area (Å²) in [7, 11) is 0. The van der Waals surface area contributed by atoms with E-state index in [1.807, 2.05) is 27.7 Å². The van der Waals surface area contributed by atoms with E-state index in [0.29, 0.717) is 0 Å². The van der Waals surface area contributed by atoms with Crippen molar-refractivity contribution >= 4 is 21.5 Å². The Morgan fingerprint density at radius 3 is 1.35 bits per heavy atom. The summed E-state index contributed by atoms with van der Waals surface area (Å²) >= 11 is 0. The molecule has 0 aliphatic heterocycles. The second-order valence-electron chi connectivity index (χ2n) is 11.8. The topological polar surface area (TPSA) is 28.1 Å². The maximum atomic E-state index is 9.37. The highest BCUT2D eigenvalue weighted by atomic mass is 14.8. The van der Waals surface area contributed by atoms with Crippen LogP contribution in [0.25, 0.3) is 48.6 Å². The first kappa shape index (κ1) is 27.2. The van der Waals surface area contributed by atoms with Gasteiger partial charge in [-0.15, -0.1) is 0 Å². The molecule has 0 unspecified atom stereocenters. The molecule has 0 atom stereocenters. The Bertz CT molecular complexity index is 1550. The predicted molar refractivity (Wildman–Crippen MR) is 168 cm³/mol. The van der Waals surface area contributed by atoms with Crippen molar-refractivity contribution in [1.82, 2.24) is 0 Å². The second-order valence-corrected chi connectivity index (χ2v) is 11.8. The molecule has 5 rings (SSSR count). The Kier molecular flexibility index (Phi) is 7.47. The average Bonchev–Trinajstić information content (AvgIpc) is 2.98. The van der Waals surface area contributed by atoms with Gasteiger partial charge in [0.25, 0.3) is 0 Å². The summed E-state index contributed by atoms with van der Waals surface area (Å²) < 4.78 is 0. The molecule has 0 fully saturated rings. The van der Waals surface area contributed by atoms with E-state index in [2.05, 4.69) is 121 Å². The standard InChI is InChI=1S/C38H34N2/c1-37(2,26-39)24-22-27-14-18-29(19-15-27)35-31-10-6-8-12-33(31)36(34-13-9-7-11-32(34)35)30-20-16-28(17-21-30)23-25-38(3,4)40-5/h6-23H,24-25H2,1-4H3. The average molecular weight is 519 g/mol. The number of hydrogen-bond donors (Lipinski definition) is 0. The summed E-state index contributed by atoms with van der Waals surface area (Å²) in [4.78, 5) is 3.73. The van der Waals surface area contributed by atoms with E-state index in [1.54, 1.807) is 0 Å². The Balaban J connectivity index is 1.58. The van der Waals surface area contributed by atoms with Crippen LogP contribution in [0.4, 0.5) is 0 Å². The van der Waals surface area contributed by atoms with Crippen molar-refractivity contribution in [2.75, 3.05) is 0 Å². The summed E-state index contributed by atoms with van der Waals surface area (Å²) in [5.74, 6) is 0. The zero-order chi connectivity index (χ0) is 28.3. The molecular weight excluding hydrogens is 484 g/mol. The Morgan fingerprint density at radius 2 is 1.00 bits per heavy atom. The van der Waals surface area contributed by atoms with E-state index in [1.165, 1.54) is 43.8 Å². The molecule has 0 aliphatic rings. The zero-order valence-corrected chi connectivity index (χ0v) is 23.7. The van der Waals surface area contributed by atoms with Crippen LogP contribution in [-0.4, -0.2) is 5.54 Å². The minimum absolute atomic E-state index is 0.370. The van der Waals surface area contributed by atoms with Gasteiger partial charge in [-0.05, 0) is 88.0 Å². The van der Waals surface area contributed by atoms with E-state index in [4.69, 9.17) is 6.57 Å². The van der Waals surface area contributed by atoms with Crippen LogP contribution in [0.2, 0.25) is 0 Å². The fourth-order valence-electron chi connectivity index (χ4n) is 5.15. The molecule has 0 aromatic heterocycles. The molecule has 2 nitrogen and oxygen atoms in total. The monoisotopic (exact) mass is 518 g/mol. The minimum Gasteiger partial charge on any atom is -0.311 e. The third-order valence-electron chi connectivity index (χ3n) is 7.62. The van der Waals surface area contributed by atoms with Gasteiger partial charge in [-0.1, -0.05) is 97.1 Å². The molecule has 0 spiro atoms. The van der Waals surface area contributed by atoms with E-state index in [0.717, 1.165) is 24.0 Å². The molecule has 5 aromatic carbocycles. The molecule has 0 saturated carbocycles. The summed E-state index contributed by atoms with van der Waals surface area (Å²) in [6.45, 7) is 15.3. The quantitative estimate of drug-likeness (QED) is 0.148. The van der Waals surface area contributed by atoms with Crippen LogP contribution in [0.1, 0.15) is 51.7 Å². The molecular formula is C38H34N2. The molecule has 0 aliphatic carbocycles. The molecule has 0 amide bonds. The van der Waals surface area contributed by atoms with Crippen LogP contribution in [0.3, 0.4) is 0 Å². The van der Waals surface area contributed by atoms with Gasteiger partial charge in [0.05, 0.1) is 11.5 Å². The van der Waals surface area contributed by atoms with Gasteiger partial charge in [0.1, 0.15) is 0 Å². The van der Waals surface area contributed by atoms with Gasteiger partial charge < -0.3 is 4.85 Å². The zero-order valence-electron chi connectivity index (χ0n) is 23.7. The third-order valence-corrected chi connectivity index (χ3v) is 7.62. The van der Waals surface area contributed by atoms with Crippen LogP contribution in [0, 0.1) is 36.2 Å². The highest BCUT2D eigenvalue weighted by molar-refractivity contribution is 6.21. The SMILES string of the molecule is [C-]#[N+]C(C)(C)C[CH]c1ccc(-c2c3ccccc3c(-c3ccc([CH]CC(C)(C)C#N)cc3)c3ccccc23)cc1. The van der Waals surface area contributed by atoms with Crippen molar-refractivity contribution in [2.24, 2.45) is 5.41 Å². The van der Waals surface area contributed by atoms with Gasteiger partial charge >= 0.3 is 0 Å². The maximum Gasteiger partial charge on any atom is 0.227 e. The number of benzene rings is 5. The highest BCUT2D eigenvalue weighted by Crippen LogP contribution is 2.43. The number of hydrogen-bond acceptors (Lipinski definition) is 1. The smallest absolute Gasteiger partial charge is 0.227 e. The number of nitrogens with zero attached hydrogens (tertiary/aromatic N) is 2. The molecule has 5 aromatic rings. The Morgan fingerprint density at radius 1 is 0.625 bits per heavy atom. The first-order chi connectivity index (χ1) is 19.2. The van der Waals surface area contributed by atoms with Crippen molar-refractivity contribution in [1.29, 1.82) is 5.26 Å². The predicted octanol–water partition coefficient (Wildman–Crippen LogP) is 10.5. The van der Waals surface area contributed by atoms with Crippen molar-refractivity contribution in [3.63, 3.8) is 0 Å². The van der Waals surface area contributed by atoms with Crippen molar-refractivity contribution in [3.8, 4) is 28.3 Å². The summed E-state index contributed by atoms with van der Waals surface area (Å²) in [5.41, 5.74) is 6.37. The normalized spacial score (nSPS) is 11.8. The lowest BCUT2D eigenvalue weighted by Crippen LogP contribution is -2.13. The molecule has 0 N–H and O–H groups in total. The van der Waals surface area contributed by atoms with E-state index >= 15 is 0 Å². The molecule has 40 heavy (non-hydrogen) atoms. The summed E-state index contributed by atoms with van der Waals surface area (Å²) in [6, 6.07) is 37.2. The lowest BCUT2D eigenvalue weighted by atomic mass is 9.85.